The first-order valence-corrected chi connectivity index (χ1v) is 22.3. The molecule has 0 aliphatic heterocycles. The van der Waals surface area contributed by atoms with E-state index in [0.29, 0.717) is 0 Å². The van der Waals surface area contributed by atoms with E-state index in [4.69, 9.17) is 0 Å². The minimum absolute atomic E-state index is 0.0153. The highest BCUT2D eigenvalue weighted by molar-refractivity contribution is 8.00. The predicted octanol–water partition coefficient (Wildman–Crippen LogP) is 9.65. The Morgan fingerprint density at radius 2 is 0.706 bits per heavy atom. The lowest BCUT2D eigenvalue weighted by molar-refractivity contribution is 0.480. The van der Waals surface area contributed by atoms with Crippen LogP contribution in [0, 0.1) is 6.92 Å². The number of thiol groups is 1. The predicted molar refractivity (Wildman–Crippen MR) is 204 cm³/mol. The average molecular weight is 809 g/mol. The van der Waals surface area contributed by atoms with Crippen molar-refractivity contribution in [2.45, 2.75) is 65.7 Å². The maximum Gasteiger partial charge on any atom is 0.295 e. The molecule has 0 spiro atoms. The van der Waals surface area contributed by atoms with Crippen molar-refractivity contribution in [1.29, 1.82) is 0 Å². The van der Waals surface area contributed by atoms with E-state index >= 15 is 0 Å². The molecule has 0 fully saturated rings. The van der Waals surface area contributed by atoms with Gasteiger partial charge in [0.2, 0.25) is 19.7 Å². The highest BCUT2D eigenvalue weighted by Gasteiger charge is 2.23. The lowest BCUT2D eigenvalue weighted by atomic mass is 10.2. The van der Waals surface area contributed by atoms with Crippen LogP contribution in [-0.2, 0) is 29.8 Å². The Morgan fingerprint density at radius 3 is 1.04 bits per heavy atom. The van der Waals surface area contributed by atoms with Crippen LogP contribution in [0.1, 0.15) is 5.56 Å². The van der Waals surface area contributed by atoms with Gasteiger partial charge in [0.1, 0.15) is 4.90 Å². The lowest BCUT2D eigenvalue weighted by Gasteiger charge is -2.09. The van der Waals surface area contributed by atoms with Crippen LogP contribution in [-0.4, -0.2) is 29.8 Å². The third-order valence-electron chi connectivity index (χ3n) is 7.47. The fraction of sp³-hybridized carbons (Fsp3) is 0.0270. The first kappa shape index (κ1) is 37.3. The molecule has 0 saturated carbocycles. The first-order chi connectivity index (χ1) is 24.2. The SMILES string of the molecule is Cc1ccc(S(=O)(=O)c2ccc(Sc3ccc(Sc4ccc(Sc5ccc(S(=O)(=O)c6ccc(S)c(S(=O)(=O)O)c6)cc5)cc4)cc3)cc2)cc1. The smallest absolute Gasteiger partial charge is 0.282 e. The molecule has 0 aliphatic rings. The molecule has 7 nitrogen and oxygen atoms in total. The summed E-state index contributed by atoms with van der Waals surface area (Å²) < 4.78 is 84.9. The van der Waals surface area contributed by atoms with Crippen molar-refractivity contribution in [3.63, 3.8) is 0 Å². The Labute approximate surface area is 315 Å². The molecule has 0 heterocycles. The summed E-state index contributed by atoms with van der Waals surface area (Å²) in [5.74, 6) is 0. The molecular formula is C37H28O7S7. The summed E-state index contributed by atoms with van der Waals surface area (Å²) in [6.07, 6.45) is 0. The second kappa shape index (κ2) is 15.2. The number of aryl methyl sites for hydroxylation is 1. The van der Waals surface area contributed by atoms with E-state index < -0.39 is 34.7 Å². The fourth-order valence-electron chi connectivity index (χ4n) is 4.79. The van der Waals surface area contributed by atoms with Crippen LogP contribution in [0.25, 0.3) is 0 Å². The van der Waals surface area contributed by atoms with Gasteiger partial charge in [-0.25, -0.2) is 16.8 Å². The zero-order chi connectivity index (χ0) is 36.4. The number of sulfone groups is 2. The molecule has 0 unspecified atom stereocenters. The van der Waals surface area contributed by atoms with Gasteiger partial charge in [-0.15, -0.1) is 12.6 Å². The second-order valence-electron chi connectivity index (χ2n) is 11.1. The Balaban J connectivity index is 1.05. The van der Waals surface area contributed by atoms with E-state index in [1.54, 1.807) is 72.1 Å². The van der Waals surface area contributed by atoms with Gasteiger partial charge in [-0.2, -0.15) is 8.42 Å². The van der Waals surface area contributed by atoms with E-state index in [1.807, 2.05) is 67.6 Å². The van der Waals surface area contributed by atoms with Crippen molar-refractivity contribution >= 4 is 77.7 Å². The Morgan fingerprint density at radius 1 is 0.431 bits per heavy atom. The van der Waals surface area contributed by atoms with Crippen molar-refractivity contribution in [2.24, 2.45) is 0 Å². The molecule has 0 radical (unpaired) electrons. The molecule has 6 aromatic carbocycles. The van der Waals surface area contributed by atoms with Crippen LogP contribution in [0.5, 0.6) is 0 Å². The van der Waals surface area contributed by atoms with Crippen LogP contribution in [0.4, 0.5) is 0 Å². The molecule has 0 amide bonds. The first-order valence-electron chi connectivity index (χ1n) is 15.0. The molecule has 0 aromatic heterocycles. The molecule has 260 valence electrons. The summed E-state index contributed by atoms with van der Waals surface area (Å²) in [5.41, 5.74) is 1.00. The molecular weight excluding hydrogens is 781 g/mol. The minimum atomic E-state index is -4.65. The molecule has 6 rings (SSSR count). The Bertz CT molecular complexity index is 2520. The van der Waals surface area contributed by atoms with Crippen molar-refractivity contribution in [2.75, 3.05) is 0 Å². The highest BCUT2D eigenvalue weighted by Crippen LogP contribution is 2.36. The molecule has 0 aliphatic carbocycles. The van der Waals surface area contributed by atoms with Gasteiger partial charge >= 0.3 is 0 Å². The normalized spacial score (nSPS) is 12.1. The zero-order valence-electron chi connectivity index (χ0n) is 26.6. The average Bonchev–Trinajstić information content (AvgIpc) is 3.10. The van der Waals surface area contributed by atoms with Gasteiger partial charge < -0.3 is 0 Å². The quantitative estimate of drug-likeness (QED) is 0.0967. The van der Waals surface area contributed by atoms with Crippen LogP contribution in [0.15, 0.2) is 198 Å². The largest absolute Gasteiger partial charge is 0.295 e. The summed E-state index contributed by atoms with van der Waals surface area (Å²) in [5, 5.41) is 0. The van der Waals surface area contributed by atoms with Gasteiger partial charge in [0.05, 0.1) is 19.6 Å². The Kier molecular flexibility index (Phi) is 11.2. The molecule has 51 heavy (non-hydrogen) atoms. The maximum atomic E-state index is 13.1. The number of rotatable bonds is 11. The highest BCUT2D eigenvalue weighted by atomic mass is 32.2. The number of hydrogen-bond donors (Lipinski definition) is 2. The summed E-state index contributed by atoms with van der Waals surface area (Å²) in [6, 6.07) is 39.5. The van der Waals surface area contributed by atoms with Crippen molar-refractivity contribution in [3.8, 4) is 0 Å². The standard InChI is InChI=1S/C37H28O7S7/c1-25-2-16-32(17-3-25)49(38,39)33-18-12-30(13-19-33)47-28-8-4-26(5-9-28)46-27-6-10-29(11-7-27)48-31-14-20-34(21-15-31)50(40,41)35-22-23-36(45)37(24-35)51(42,43)44/h2-24,45H,1H3,(H,42,43,44). The van der Waals surface area contributed by atoms with Crippen LogP contribution in [0.2, 0.25) is 0 Å². The van der Waals surface area contributed by atoms with Crippen molar-refractivity contribution in [1.82, 2.24) is 0 Å². The molecule has 1 N–H and O–H groups in total. The van der Waals surface area contributed by atoms with Crippen molar-refractivity contribution < 1.29 is 29.8 Å². The molecule has 0 bridgehead atoms. The van der Waals surface area contributed by atoms with E-state index in [2.05, 4.69) is 12.6 Å². The molecule has 0 saturated heterocycles. The van der Waals surface area contributed by atoms with E-state index in [-0.39, 0.29) is 24.5 Å². The third-order valence-corrected chi connectivity index (χ3v) is 15.5. The van der Waals surface area contributed by atoms with Crippen LogP contribution < -0.4 is 0 Å². The summed E-state index contributed by atoms with van der Waals surface area (Å²) >= 11 is 8.63. The van der Waals surface area contributed by atoms with Crippen LogP contribution in [0.3, 0.4) is 0 Å². The molecule has 0 atom stereocenters. The van der Waals surface area contributed by atoms with E-state index in [1.165, 1.54) is 36.0 Å². The summed E-state index contributed by atoms with van der Waals surface area (Å²) in [4.78, 5) is 5.44. The third kappa shape index (κ3) is 8.95. The van der Waals surface area contributed by atoms with E-state index in [0.717, 1.165) is 41.0 Å². The van der Waals surface area contributed by atoms with E-state index in [9.17, 15) is 29.8 Å². The number of benzene rings is 6. The number of hydrogen-bond acceptors (Lipinski definition) is 10. The summed E-state index contributed by atoms with van der Waals surface area (Å²) in [6.45, 7) is 1.92. The van der Waals surface area contributed by atoms with Crippen LogP contribution >= 0.6 is 47.9 Å². The fourth-order valence-corrected chi connectivity index (χ4v) is 11.0. The Hall–Kier alpha value is -3.47. The summed E-state index contributed by atoms with van der Waals surface area (Å²) in [7, 11) is -12.3. The van der Waals surface area contributed by atoms with Gasteiger partial charge in [-0.3, -0.25) is 4.55 Å². The molecule has 14 heteroatoms. The topological polar surface area (TPSA) is 123 Å². The second-order valence-corrected chi connectivity index (χ2v) is 20.3. The van der Waals surface area contributed by atoms with Gasteiger partial charge in [0, 0.05) is 34.3 Å². The molecule has 6 aromatic rings. The lowest BCUT2D eigenvalue weighted by Crippen LogP contribution is -2.05. The minimum Gasteiger partial charge on any atom is -0.282 e. The van der Waals surface area contributed by atoms with Gasteiger partial charge in [-0.05, 0) is 134 Å². The van der Waals surface area contributed by atoms with Gasteiger partial charge in [0.25, 0.3) is 10.1 Å². The maximum absolute atomic E-state index is 13.1. The monoisotopic (exact) mass is 808 g/mol. The van der Waals surface area contributed by atoms with Gasteiger partial charge in [-0.1, -0.05) is 53.0 Å². The zero-order valence-corrected chi connectivity index (χ0v) is 32.4. The van der Waals surface area contributed by atoms with Gasteiger partial charge in [0.15, 0.2) is 0 Å². The van der Waals surface area contributed by atoms with Crippen molar-refractivity contribution in [3.05, 3.63) is 145 Å².